The monoisotopic (exact) mass is 255 g/mol. The summed E-state index contributed by atoms with van der Waals surface area (Å²) in [4.78, 5) is 8.66. The Labute approximate surface area is 109 Å². The van der Waals surface area contributed by atoms with Gasteiger partial charge in [0.25, 0.3) is 0 Å². The highest BCUT2D eigenvalue weighted by Gasteiger charge is 2.09. The van der Waals surface area contributed by atoms with Gasteiger partial charge in [0.1, 0.15) is 5.82 Å². The van der Waals surface area contributed by atoms with E-state index in [1.807, 2.05) is 30.3 Å². The molecular formula is C13H13N5O. The molecule has 0 atom stereocenters. The molecule has 0 radical (unpaired) electrons. The molecule has 3 heterocycles. The van der Waals surface area contributed by atoms with Crippen LogP contribution >= 0.6 is 0 Å². The van der Waals surface area contributed by atoms with E-state index >= 15 is 0 Å². The molecule has 0 aromatic carbocycles. The molecule has 6 heteroatoms. The fourth-order valence-corrected chi connectivity index (χ4v) is 1.90. The summed E-state index contributed by atoms with van der Waals surface area (Å²) < 4.78 is 0. The third kappa shape index (κ3) is 2.25. The van der Waals surface area contributed by atoms with Crippen molar-refractivity contribution in [2.75, 3.05) is 18.5 Å². The first kappa shape index (κ1) is 11.6. The largest absolute Gasteiger partial charge is 0.395 e. The Morgan fingerprint density at radius 3 is 3.05 bits per heavy atom. The number of aromatic amines is 1. The molecule has 0 amide bonds. The van der Waals surface area contributed by atoms with Crippen LogP contribution in [0.3, 0.4) is 0 Å². The highest BCUT2D eigenvalue weighted by atomic mass is 16.3. The minimum absolute atomic E-state index is 0.0722. The first-order valence-corrected chi connectivity index (χ1v) is 6.00. The normalized spacial score (nSPS) is 10.8. The lowest BCUT2D eigenvalue weighted by molar-refractivity contribution is 0.311. The van der Waals surface area contributed by atoms with Gasteiger partial charge in [-0.1, -0.05) is 6.07 Å². The van der Waals surface area contributed by atoms with Crippen molar-refractivity contribution in [3.63, 3.8) is 0 Å². The molecule has 0 saturated carbocycles. The van der Waals surface area contributed by atoms with Gasteiger partial charge in [0.05, 0.1) is 18.0 Å². The first-order valence-electron chi connectivity index (χ1n) is 6.00. The van der Waals surface area contributed by atoms with Crippen LogP contribution in [0.25, 0.3) is 22.4 Å². The Hall–Kier alpha value is -2.47. The van der Waals surface area contributed by atoms with Crippen LogP contribution < -0.4 is 5.32 Å². The number of aliphatic hydroxyl groups excluding tert-OH is 1. The molecule has 0 spiro atoms. The second-order valence-corrected chi connectivity index (χ2v) is 4.03. The summed E-state index contributed by atoms with van der Waals surface area (Å²) in [6, 6.07) is 9.50. The molecule has 3 N–H and O–H groups in total. The first-order chi connectivity index (χ1) is 9.38. The van der Waals surface area contributed by atoms with Gasteiger partial charge in [-0.2, -0.15) is 5.10 Å². The lowest BCUT2D eigenvalue weighted by Gasteiger charge is -2.05. The standard InChI is InChI=1S/C13H13N5O/c19-8-7-14-11-5-1-4-10(16-11)12-9-3-2-6-15-13(9)18-17-12/h1-6,19H,7-8H2,(H,14,16)(H,15,17,18). The number of nitrogens with zero attached hydrogens (tertiary/aromatic N) is 3. The molecule has 3 aromatic rings. The van der Waals surface area contributed by atoms with E-state index in [0.29, 0.717) is 12.2 Å². The van der Waals surface area contributed by atoms with Gasteiger partial charge in [-0.3, -0.25) is 5.10 Å². The summed E-state index contributed by atoms with van der Waals surface area (Å²) in [5.74, 6) is 0.721. The number of fused-ring (bicyclic) bond motifs is 1. The predicted octanol–water partition coefficient (Wildman–Crippen LogP) is 1.42. The molecule has 0 saturated heterocycles. The van der Waals surface area contributed by atoms with Crippen LogP contribution in [-0.4, -0.2) is 38.4 Å². The van der Waals surface area contributed by atoms with Gasteiger partial charge in [0.15, 0.2) is 5.65 Å². The lowest BCUT2D eigenvalue weighted by Crippen LogP contribution is -2.06. The fourth-order valence-electron chi connectivity index (χ4n) is 1.90. The van der Waals surface area contributed by atoms with Crippen molar-refractivity contribution in [2.24, 2.45) is 0 Å². The Balaban J connectivity index is 2.01. The zero-order valence-corrected chi connectivity index (χ0v) is 10.2. The van der Waals surface area contributed by atoms with Crippen molar-refractivity contribution in [3.05, 3.63) is 36.5 Å². The molecule has 0 aliphatic heterocycles. The summed E-state index contributed by atoms with van der Waals surface area (Å²) in [5, 5.41) is 19.9. The van der Waals surface area contributed by atoms with Gasteiger partial charge >= 0.3 is 0 Å². The number of aromatic nitrogens is 4. The van der Waals surface area contributed by atoms with E-state index in [1.54, 1.807) is 6.20 Å². The van der Waals surface area contributed by atoms with Crippen LogP contribution in [0.4, 0.5) is 5.82 Å². The Kier molecular flexibility index (Phi) is 3.07. The predicted molar refractivity (Wildman–Crippen MR) is 72.7 cm³/mol. The smallest absolute Gasteiger partial charge is 0.181 e. The molecule has 0 aliphatic rings. The number of rotatable bonds is 4. The maximum atomic E-state index is 8.81. The van der Waals surface area contributed by atoms with E-state index in [4.69, 9.17) is 5.11 Å². The van der Waals surface area contributed by atoms with E-state index in [1.165, 1.54) is 0 Å². The van der Waals surface area contributed by atoms with Crippen LogP contribution in [0.5, 0.6) is 0 Å². The minimum atomic E-state index is 0.0722. The van der Waals surface area contributed by atoms with Crippen LogP contribution in [-0.2, 0) is 0 Å². The minimum Gasteiger partial charge on any atom is -0.395 e. The van der Waals surface area contributed by atoms with E-state index in [2.05, 4.69) is 25.5 Å². The van der Waals surface area contributed by atoms with Gasteiger partial charge in [0.2, 0.25) is 0 Å². The number of hydrogen-bond donors (Lipinski definition) is 3. The molecule has 96 valence electrons. The van der Waals surface area contributed by atoms with Crippen molar-refractivity contribution in [3.8, 4) is 11.4 Å². The molecule has 3 aromatic heterocycles. The van der Waals surface area contributed by atoms with Crippen LogP contribution in [0.15, 0.2) is 36.5 Å². The second kappa shape index (κ2) is 5.03. The lowest BCUT2D eigenvalue weighted by atomic mass is 10.2. The molecule has 0 bridgehead atoms. The Bertz CT molecular complexity index is 694. The van der Waals surface area contributed by atoms with Gasteiger partial charge in [0, 0.05) is 18.1 Å². The van der Waals surface area contributed by atoms with E-state index < -0.39 is 0 Å². The number of pyridine rings is 2. The SMILES string of the molecule is OCCNc1cccc(-c2[nH]nc3ncccc23)n1. The number of anilines is 1. The van der Waals surface area contributed by atoms with Crippen molar-refractivity contribution < 1.29 is 5.11 Å². The van der Waals surface area contributed by atoms with Crippen molar-refractivity contribution in [1.82, 2.24) is 20.2 Å². The maximum absolute atomic E-state index is 8.81. The van der Waals surface area contributed by atoms with Gasteiger partial charge in [-0.25, -0.2) is 9.97 Å². The maximum Gasteiger partial charge on any atom is 0.181 e. The van der Waals surface area contributed by atoms with Crippen molar-refractivity contribution in [1.29, 1.82) is 0 Å². The van der Waals surface area contributed by atoms with E-state index in [0.717, 1.165) is 22.6 Å². The second-order valence-electron chi connectivity index (χ2n) is 4.03. The molecular weight excluding hydrogens is 242 g/mol. The Morgan fingerprint density at radius 2 is 2.16 bits per heavy atom. The molecule has 0 fully saturated rings. The van der Waals surface area contributed by atoms with Gasteiger partial charge < -0.3 is 10.4 Å². The molecule has 0 unspecified atom stereocenters. The van der Waals surface area contributed by atoms with E-state index in [9.17, 15) is 0 Å². The molecule has 0 aliphatic carbocycles. The average Bonchev–Trinajstić information content (AvgIpc) is 2.89. The van der Waals surface area contributed by atoms with Gasteiger partial charge in [-0.05, 0) is 24.3 Å². The van der Waals surface area contributed by atoms with E-state index in [-0.39, 0.29) is 6.61 Å². The quantitative estimate of drug-likeness (QED) is 0.656. The van der Waals surface area contributed by atoms with Crippen LogP contribution in [0.2, 0.25) is 0 Å². The van der Waals surface area contributed by atoms with Crippen LogP contribution in [0.1, 0.15) is 0 Å². The number of H-pyrrole nitrogens is 1. The molecule has 3 rings (SSSR count). The average molecular weight is 255 g/mol. The number of hydrogen-bond acceptors (Lipinski definition) is 5. The van der Waals surface area contributed by atoms with Crippen molar-refractivity contribution >= 4 is 16.9 Å². The topological polar surface area (TPSA) is 86.7 Å². The number of nitrogens with one attached hydrogen (secondary N) is 2. The zero-order valence-electron chi connectivity index (χ0n) is 10.2. The third-order valence-electron chi connectivity index (χ3n) is 2.75. The summed E-state index contributed by atoms with van der Waals surface area (Å²) in [6.45, 7) is 0.546. The Morgan fingerprint density at radius 1 is 1.21 bits per heavy atom. The summed E-state index contributed by atoms with van der Waals surface area (Å²) in [7, 11) is 0. The highest BCUT2D eigenvalue weighted by Crippen LogP contribution is 2.24. The van der Waals surface area contributed by atoms with Crippen LogP contribution in [0, 0.1) is 0 Å². The summed E-state index contributed by atoms with van der Waals surface area (Å²) in [5.41, 5.74) is 2.31. The third-order valence-corrected chi connectivity index (χ3v) is 2.75. The molecule has 19 heavy (non-hydrogen) atoms. The highest BCUT2D eigenvalue weighted by molar-refractivity contribution is 5.89. The van der Waals surface area contributed by atoms with Gasteiger partial charge in [-0.15, -0.1) is 0 Å². The fraction of sp³-hybridized carbons (Fsp3) is 0.154. The zero-order chi connectivity index (χ0) is 13.1. The van der Waals surface area contributed by atoms with Crippen molar-refractivity contribution in [2.45, 2.75) is 0 Å². The number of aliphatic hydroxyl groups is 1. The summed E-state index contributed by atoms with van der Waals surface area (Å²) in [6.07, 6.45) is 1.71. The molecule has 6 nitrogen and oxygen atoms in total. The summed E-state index contributed by atoms with van der Waals surface area (Å²) >= 11 is 0.